The number of nitrogens with zero attached hydrogens (tertiary/aromatic N) is 5. The Bertz CT molecular complexity index is 944. The van der Waals surface area contributed by atoms with Crippen LogP contribution in [-0.4, -0.2) is 30.5 Å². The van der Waals surface area contributed by atoms with Gasteiger partial charge in [0.05, 0.1) is 23.1 Å². The fraction of sp³-hybridized carbons (Fsp3) is 0.294. The van der Waals surface area contributed by atoms with Crippen LogP contribution in [0.3, 0.4) is 0 Å². The predicted molar refractivity (Wildman–Crippen MR) is 88.1 cm³/mol. The molecule has 0 saturated carbocycles. The van der Waals surface area contributed by atoms with Gasteiger partial charge in [-0.2, -0.15) is 18.3 Å². The highest BCUT2D eigenvalue weighted by molar-refractivity contribution is 5.90. The van der Waals surface area contributed by atoms with Crippen molar-refractivity contribution in [3.8, 4) is 5.69 Å². The van der Waals surface area contributed by atoms with E-state index in [1.807, 2.05) is 6.92 Å². The SMILES string of the molecule is CCn1cnnc1COC(=O)c1cnn(-c2ccc(C(F)(F)F)cc2)c1C. The number of alkyl halides is 3. The van der Waals surface area contributed by atoms with Crippen LogP contribution in [0.5, 0.6) is 0 Å². The summed E-state index contributed by atoms with van der Waals surface area (Å²) in [6.45, 7) is 4.14. The van der Waals surface area contributed by atoms with Crippen LogP contribution < -0.4 is 0 Å². The molecule has 0 N–H and O–H groups in total. The molecule has 0 atom stereocenters. The molecule has 7 nitrogen and oxygen atoms in total. The van der Waals surface area contributed by atoms with E-state index < -0.39 is 17.7 Å². The van der Waals surface area contributed by atoms with Crippen LogP contribution in [0, 0.1) is 6.92 Å². The Morgan fingerprint density at radius 3 is 2.56 bits per heavy atom. The third-order valence-corrected chi connectivity index (χ3v) is 4.04. The number of carbonyl (C=O) groups excluding carboxylic acids is 1. The van der Waals surface area contributed by atoms with E-state index in [1.165, 1.54) is 29.3 Å². The zero-order valence-electron chi connectivity index (χ0n) is 14.6. The van der Waals surface area contributed by atoms with Crippen molar-refractivity contribution in [3.63, 3.8) is 0 Å². The minimum atomic E-state index is -4.41. The van der Waals surface area contributed by atoms with Gasteiger partial charge in [0.1, 0.15) is 11.9 Å². The maximum Gasteiger partial charge on any atom is 0.416 e. The van der Waals surface area contributed by atoms with E-state index in [0.29, 0.717) is 23.8 Å². The molecule has 10 heteroatoms. The van der Waals surface area contributed by atoms with E-state index >= 15 is 0 Å². The molecule has 3 aromatic rings. The molecule has 0 aliphatic heterocycles. The maximum atomic E-state index is 12.7. The molecule has 0 aliphatic rings. The van der Waals surface area contributed by atoms with Crippen LogP contribution in [0.4, 0.5) is 13.2 Å². The first-order valence-electron chi connectivity index (χ1n) is 8.07. The summed E-state index contributed by atoms with van der Waals surface area (Å²) >= 11 is 0. The standard InChI is InChI=1S/C17H16F3N5O2/c1-3-24-10-21-23-15(24)9-27-16(26)14-8-22-25(11(14)2)13-6-4-12(5-7-13)17(18,19)20/h4-8,10H,3,9H2,1-2H3. The Kier molecular flexibility index (Phi) is 4.98. The number of rotatable bonds is 5. The average Bonchev–Trinajstić information content (AvgIpc) is 3.25. The highest BCUT2D eigenvalue weighted by Crippen LogP contribution is 2.29. The first-order valence-corrected chi connectivity index (χ1v) is 8.07. The molecule has 0 bridgehead atoms. The third-order valence-electron chi connectivity index (χ3n) is 4.04. The lowest BCUT2D eigenvalue weighted by molar-refractivity contribution is -0.137. The Balaban J connectivity index is 1.75. The van der Waals surface area contributed by atoms with Crippen LogP contribution in [0.2, 0.25) is 0 Å². The van der Waals surface area contributed by atoms with E-state index in [2.05, 4.69) is 15.3 Å². The smallest absolute Gasteiger partial charge is 0.416 e. The van der Waals surface area contributed by atoms with Gasteiger partial charge >= 0.3 is 12.1 Å². The van der Waals surface area contributed by atoms with Crippen molar-refractivity contribution in [2.45, 2.75) is 33.2 Å². The summed E-state index contributed by atoms with van der Waals surface area (Å²) in [5.41, 5.74) is 0.329. The normalized spacial score (nSPS) is 11.6. The second kappa shape index (κ2) is 7.22. The van der Waals surface area contributed by atoms with E-state index in [4.69, 9.17) is 4.74 Å². The summed E-state index contributed by atoms with van der Waals surface area (Å²) in [4.78, 5) is 12.3. The summed E-state index contributed by atoms with van der Waals surface area (Å²) < 4.78 is 46.4. The molecule has 0 aliphatic carbocycles. The van der Waals surface area contributed by atoms with Gasteiger partial charge in [-0.1, -0.05) is 0 Å². The number of aryl methyl sites for hydroxylation is 1. The van der Waals surface area contributed by atoms with Gasteiger partial charge in [-0.3, -0.25) is 0 Å². The fourth-order valence-electron chi connectivity index (χ4n) is 2.52. The number of benzene rings is 1. The molecule has 0 amide bonds. The Morgan fingerprint density at radius 2 is 1.93 bits per heavy atom. The van der Waals surface area contributed by atoms with Crippen LogP contribution in [0.15, 0.2) is 36.8 Å². The molecule has 3 rings (SSSR count). The first kappa shape index (κ1) is 18.6. The molecule has 0 radical (unpaired) electrons. The summed E-state index contributed by atoms with van der Waals surface area (Å²) in [6.07, 6.45) is -1.55. The number of ether oxygens (including phenoxy) is 1. The largest absolute Gasteiger partial charge is 0.454 e. The van der Waals surface area contributed by atoms with Gasteiger partial charge < -0.3 is 9.30 Å². The van der Waals surface area contributed by atoms with Crippen molar-refractivity contribution in [1.29, 1.82) is 0 Å². The van der Waals surface area contributed by atoms with E-state index in [0.717, 1.165) is 12.1 Å². The lowest BCUT2D eigenvalue weighted by Gasteiger charge is -2.09. The Hall–Kier alpha value is -3.17. The highest BCUT2D eigenvalue weighted by atomic mass is 19.4. The van der Waals surface area contributed by atoms with Crippen molar-refractivity contribution in [1.82, 2.24) is 24.5 Å². The summed E-state index contributed by atoms with van der Waals surface area (Å²) in [5, 5.41) is 11.7. The number of carbonyl (C=O) groups is 1. The molecule has 2 aromatic heterocycles. The van der Waals surface area contributed by atoms with Crippen molar-refractivity contribution >= 4 is 5.97 Å². The molecule has 0 saturated heterocycles. The van der Waals surface area contributed by atoms with Gasteiger partial charge in [0, 0.05) is 6.54 Å². The lowest BCUT2D eigenvalue weighted by Crippen LogP contribution is -2.10. The van der Waals surface area contributed by atoms with Gasteiger partial charge in [0.25, 0.3) is 0 Å². The van der Waals surface area contributed by atoms with Crippen LogP contribution in [-0.2, 0) is 24.1 Å². The fourth-order valence-corrected chi connectivity index (χ4v) is 2.52. The number of aromatic nitrogens is 5. The first-order chi connectivity index (χ1) is 12.8. The topological polar surface area (TPSA) is 74.8 Å². The molecule has 1 aromatic carbocycles. The van der Waals surface area contributed by atoms with Gasteiger partial charge in [0.15, 0.2) is 12.4 Å². The molecule has 0 spiro atoms. The van der Waals surface area contributed by atoms with Crippen LogP contribution >= 0.6 is 0 Å². The van der Waals surface area contributed by atoms with Crippen molar-refractivity contribution in [2.24, 2.45) is 0 Å². The second-order valence-corrected chi connectivity index (χ2v) is 5.71. The summed E-state index contributed by atoms with van der Waals surface area (Å²) in [5.74, 6) is -0.0880. The molecule has 0 fully saturated rings. The molecular formula is C17H16F3N5O2. The number of hydrogen-bond acceptors (Lipinski definition) is 5. The zero-order valence-corrected chi connectivity index (χ0v) is 14.6. The van der Waals surface area contributed by atoms with Crippen molar-refractivity contribution in [3.05, 3.63) is 59.4 Å². The van der Waals surface area contributed by atoms with Gasteiger partial charge in [0.2, 0.25) is 0 Å². The van der Waals surface area contributed by atoms with E-state index in [9.17, 15) is 18.0 Å². The Labute approximate surface area is 152 Å². The monoisotopic (exact) mass is 379 g/mol. The summed E-state index contributed by atoms with van der Waals surface area (Å²) in [6, 6.07) is 4.52. The van der Waals surface area contributed by atoms with E-state index in [-0.39, 0.29) is 12.2 Å². The van der Waals surface area contributed by atoms with Crippen LogP contribution in [0.1, 0.15) is 34.4 Å². The van der Waals surface area contributed by atoms with Gasteiger partial charge in [-0.25, -0.2) is 9.48 Å². The minimum Gasteiger partial charge on any atom is -0.454 e. The number of hydrogen-bond donors (Lipinski definition) is 0. The maximum absolute atomic E-state index is 12.7. The number of halogens is 3. The van der Waals surface area contributed by atoms with Crippen molar-refractivity contribution in [2.75, 3.05) is 0 Å². The van der Waals surface area contributed by atoms with Crippen molar-refractivity contribution < 1.29 is 22.7 Å². The number of esters is 1. The highest BCUT2D eigenvalue weighted by Gasteiger charge is 2.30. The summed E-state index contributed by atoms with van der Waals surface area (Å²) in [7, 11) is 0. The molecule has 2 heterocycles. The predicted octanol–water partition coefficient (Wildman–Crippen LogP) is 3.17. The third kappa shape index (κ3) is 3.83. The van der Waals surface area contributed by atoms with E-state index in [1.54, 1.807) is 11.5 Å². The molecular weight excluding hydrogens is 363 g/mol. The average molecular weight is 379 g/mol. The molecule has 0 unspecified atom stereocenters. The van der Waals surface area contributed by atoms with Gasteiger partial charge in [-0.05, 0) is 38.1 Å². The second-order valence-electron chi connectivity index (χ2n) is 5.71. The minimum absolute atomic E-state index is 0.0441. The van der Waals surface area contributed by atoms with Gasteiger partial charge in [-0.15, -0.1) is 10.2 Å². The van der Waals surface area contributed by atoms with Crippen LogP contribution in [0.25, 0.3) is 5.69 Å². The zero-order chi connectivity index (χ0) is 19.6. The molecule has 142 valence electrons. The Morgan fingerprint density at radius 1 is 1.22 bits per heavy atom. The lowest BCUT2D eigenvalue weighted by atomic mass is 10.2. The molecule has 27 heavy (non-hydrogen) atoms. The quantitative estimate of drug-likeness (QED) is 0.637.